The second kappa shape index (κ2) is 6.13. The summed E-state index contributed by atoms with van der Waals surface area (Å²) in [5.41, 5.74) is 1.60. The molecule has 0 spiro atoms. The van der Waals surface area contributed by atoms with Gasteiger partial charge < -0.3 is 9.84 Å². The number of nitrogens with zero attached hydrogens (tertiary/aromatic N) is 2. The zero-order valence-electron chi connectivity index (χ0n) is 12.3. The minimum atomic E-state index is -0.299. The molecule has 0 bridgehead atoms. The van der Waals surface area contributed by atoms with E-state index in [1.807, 2.05) is 14.0 Å². The normalized spacial score (nSPS) is 12.9. The molecule has 0 fully saturated rings. The maximum atomic E-state index is 13.3. The Balaban J connectivity index is 2.22. The van der Waals surface area contributed by atoms with Crippen LogP contribution < -0.4 is 5.32 Å². The summed E-state index contributed by atoms with van der Waals surface area (Å²) in [4.78, 5) is 4.37. The van der Waals surface area contributed by atoms with E-state index in [4.69, 9.17) is 4.52 Å². The lowest BCUT2D eigenvalue weighted by Gasteiger charge is -2.17. The molecule has 108 valence electrons. The summed E-state index contributed by atoms with van der Waals surface area (Å²) in [6.45, 7) is 6.17. The first kappa shape index (κ1) is 14.7. The van der Waals surface area contributed by atoms with Crippen LogP contribution in [-0.4, -0.2) is 23.2 Å². The number of hydrogen-bond donors (Lipinski definition) is 1. The molecule has 0 aliphatic heterocycles. The summed E-state index contributed by atoms with van der Waals surface area (Å²) in [7, 11) is 1.92. The molecule has 1 aromatic carbocycles. The van der Waals surface area contributed by atoms with Gasteiger partial charge in [0.15, 0.2) is 0 Å². The van der Waals surface area contributed by atoms with Gasteiger partial charge in [0.1, 0.15) is 5.82 Å². The number of rotatable bonds is 5. The van der Waals surface area contributed by atoms with E-state index >= 15 is 0 Å². The zero-order chi connectivity index (χ0) is 14.7. The smallest absolute Gasteiger partial charge is 0.228 e. The fraction of sp³-hybridized carbons (Fsp3) is 0.467. The van der Waals surface area contributed by atoms with E-state index in [1.54, 1.807) is 6.07 Å². The van der Waals surface area contributed by atoms with Crippen molar-refractivity contribution in [1.82, 2.24) is 15.5 Å². The van der Waals surface area contributed by atoms with Gasteiger partial charge in [-0.15, -0.1) is 0 Å². The Hall–Kier alpha value is -1.75. The van der Waals surface area contributed by atoms with Gasteiger partial charge >= 0.3 is 0 Å². The minimum Gasteiger partial charge on any atom is -0.339 e. The lowest BCUT2D eigenvalue weighted by atomic mass is 10.0. The van der Waals surface area contributed by atoms with Gasteiger partial charge in [-0.1, -0.05) is 25.1 Å². The summed E-state index contributed by atoms with van der Waals surface area (Å²) >= 11 is 0. The van der Waals surface area contributed by atoms with Crippen LogP contribution in [0.3, 0.4) is 0 Å². The van der Waals surface area contributed by atoms with Gasteiger partial charge in [0, 0.05) is 18.0 Å². The highest BCUT2D eigenvalue weighted by Gasteiger charge is 2.17. The average molecular weight is 277 g/mol. The summed E-state index contributed by atoms with van der Waals surface area (Å²) in [6.07, 6.45) is 0.662. The fourth-order valence-corrected chi connectivity index (χ4v) is 2.14. The van der Waals surface area contributed by atoms with Crippen LogP contribution >= 0.6 is 0 Å². The Morgan fingerprint density at radius 1 is 1.35 bits per heavy atom. The number of hydrogen-bond acceptors (Lipinski definition) is 4. The molecule has 0 radical (unpaired) electrons. The van der Waals surface area contributed by atoms with Crippen molar-refractivity contribution in [3.05, 3.63) is 35.5 Å². The van der Waals surface area contributed by atoms with Crippen LogP contribution in [-0.2, 0) is 6.42 Å². The zero-order valence-corrected chi connectivity index (χ0v) is 12.3. The van der Waals surface area contributed by atoms with Crippen LogP contribution in [0.15, 0.2) is 22.7 Å². The van der Waals surface area contributed by atoms with Crippen LogP contribution in [0.4, 0.5) is 4.39 Å². The Bertz CT molecular complexity index is 580. The molecule has 4 nitrogen and oxygen atoms in total. The summed E-state index contributed by atoms with van der Waals surface area (Å²) in [6, 6.07) is 4.85. The summed E-state index contributed by atoms with van der Waals surface area (Å²) in [5.74, 6) is 1.17. The van der Waals surface area contributed by atoms with E-state index in [2.05, 4.69) is 29.3 Å². The number of likely N-dealkylation sites (N-methyl/N-ethyl adjacent to an activating group) is 1. The van der Waals surface area contributed by atoms with E-state index < -0.39 is 0 Å². The highest BCUT2D eigenvalue weighted by molar-refractivity contribution is 5.59. The molecule has 0 amide bonds. The van der Waals surface area contributed by atoms with E-state index in [0.717, 1.165) is 5.56 Å². The van der Waals surface area contributed by atoms with Crippen LogP contribution in [0.1, 0.15) is 25.3 Å². The number of aromatic nitrogens is 2. The Morgan fingerprint density at radius 3 is 2.75 bits per heavy atom. The highest BCUT2D eigenvalue weighted by atomic mass is 19.1. The Labute approximate surface area is 118 Å². The summed E-state index contributed by atoms with van der Waals surface area (Å²) in [5, 5.41) is 7.19. The third-order valence-corrected chi connectivity index (χ3v) is 3.48. The number of benzene rings is 1. The third-order valence-electron chi connectivity index (χ3n) is 3.48. The Kier molecular flexibility index (Phi) is 4.49. The molecule has 0 aliphatic carbocycles. The molecule has 1 atom stereocenters. The first-order valence-corrected chi connectivity index (χ1v) is 6.77. The molecule has 0 saturated carbocycles. The molecule has 1 N–H and O–H groups in total. The molecule has 0 aliphatic rings. The first-order valence-electron chi connectivity index (χ1n) is 6.77. The largest absolute Gasteiger partial charge is 0.339 e. The van der Waals surface area contributed by atoms with Crippen LogP contribution in [0, 0.1) is 18.7 Å². The van der Waals surface area contributed by atoms with Crippen LogP contribution in [0.2, 0.25) is 0 Å². The van der Waals surface area contributed by atoms with Gasteiger partial charge in [-0.3, -0.25) is 0 Å². The molecule has 0 saturated heterocycles. The number of nitrogens with one attached hydrogen (secondary N) is 1. The van der Waals surface area contributed by atoms with E-state index in [1.165, 1.54) is 12.1 Å². The Morgan fingerprint density at radius 2 is 2.10 bits per heavy atom. The molecular weight excluding hydrogens is 257 g/mol. The SMILES string of the molecule is CNC(Cc1nc(-c2cc(F)ccc2C)no1)C(C)C. The molecule has 1 unspecified atom stereocenters. The third kappa shape index (κ3) is 3.22. The molecule has 1 heterocycles. The lowest BCUT2D eigenvalue weighted by molar-refractivity contribution is 0.335. The van der Waals surface area contributed by atoms with Gasteiger partial charge in [-0.25, -0.2) is 4.39 Å². The van der Waals surface area contributed by atoms with Crippen molar-refractivity contribution in [3.8, 4) is 11.4 Å². The molecule has 2 rings (SSSR count). The van der Waals surface area contributed by atoms with Crippen molar-refractivity contribution < 1.29 is 8.91 Å². The van der Waals surface area contributed by atoms with Crippen molar-refractivity contribution >= 4 is 0 Å². The highest BCUT2D eigenvalue weighted by Crippen LogP contribution is 2.22. The van der Waals surface area contributed by atoms with Crippen molar-refractivity contribution in [3.63, 3.8) is 0 Å². The predicted octanol–water partition coefficient (Wildman–Crippen LogP) is 2.97. The maximum absolute atomic E-state index is 13.3. The van der Waals surface area contributed by atoms with Crippen molar-refractivity contribution in [2.45, 2.75) is 33.2 Å². The van der Waals surface area contributed by atoms with Crippen molar-refractivity contribution in [2.24, 2.45) is 5.92 Å². The summed E-state index contributed by atoms with van der Waals surface area (Å²) < 4.78 is 18.6. The first-order chi connectivity index (χ1) is 9.51. The van der Waals surface area contributed by atoms with Crippen molar-refractivity contribution in [2.75, 3.05) is 7.05 Å². The van der Waals surface area contributed by atoms with Gasteiger partial charge in [-0.05, 0) is 37.6 Å². The van der Waals surface area contributed by atoms with E-state index in [0.29, 0.717) is 29.6 Å². The van der Waals surface area contributed by atoms with Gasteiger partial charge in [0.2, 0.25) is 11.7 Å². The lowest BCUT2D eigenvalue weighted by Crippen LogP contribution is -2.32. The van der Waals surface area contributed by atoms with Crippen LogP contribution in [0.25, 0.3) is 11.4 Å². The average Bonchev–Trinajstić information content (AvgIpc) is 2.86. The number of halogens is 1. The molecule has 5 heteroatoms. The van der Waals surface area contributed by atoms with E-state index in [-0.39, 0.29) is 11.9 Å². The van der Waals surface area contributed by atoms with Gasteiger partial charge in [0.05, 0.1) is 0 Å². The monoisotopic (exact) mass is 277 g/mol. The molecule has 2 aromatic rings. The quantitative estimate of drug-likeness (QED) is 0.913. The van der Waals surface area contributed by atoms with Crippen molar-refractivity contribution in [1.29, 1.82) is 0 Å². The molecular formula is C15H20FN3O. The fourth-order valence-electron chi connectivity index (χ4n) is 2.14. The van der Waals surface area contributed by atoms with Gasteiger partial charge in [-0.2, -0.15) is 4.98 Å². The topological polar surface area (TPSA) is 51.0 Å². The van der Waals surface area contributed by atoms with Crippen LogP contribution in [0.5, 0.6) is 0 Å². The second-order valence-electron chi connectivity index (χ2n) is 5.31. The minimum absolute atomic E-state index is 0.275. The molecule has 20 heavy (non-hydrogen) atoms. The molecule has 1 aromatic heterocycles. The maximum Gasteiger partial charge on any atom is 0.228 e. The second-order valence-corrected chi connectivity index (χ2v) is 5.31. The standard InChI is InChI=1S/C15H20FN3O/c1-9(2)13(17-4)8-14-18-15(19-20-14)12-7-11(16)6-5-10(12)3/h5-7,9,13,17H,8H2,1-4H3. The number of aryl methyl sites for hydroxylation is 1. The predicted molar refractivity (Wildman–Crippen MR) is 75.8 cm³/mol. The van der Waals surface area contributed by atoms with E-state index in [9.17, 15) is 4.39 Å². The van der Waals surface area contributed by atoms with Gasteiger partial charge in [0.25, 0.3) is 0 Å².